The summed E-state index contributed by atoms with van der Waals surface area (Å²) in [4.78, 5) is 28.9. The van der Waals surface area contributed by atoms with E-state index in [-0.39, 0.29) is 11.5 Å². The molecule has 2 aromatic rings. The largest absolute Gasteiger partial charge is 0.462 e. The van der Waals surface area contributed by atoms with E-state index < -0.39 is 21.9 Å². The molecule has 0 bridgehead atoms. The highest BCUT2D eigenvalue weighted by Crippen LogP contribution is 2.37. The van der Waals surface area contributed by atoms with Crippen molar-refractivity contribution in [3.63, 3.8) is 0 Å². The lowest BCUT2D eigenvalue weighted by atomic mass is 10.0. The predicted octanol–water partition coefficient (Wildman–Crippen LogP) is 3.59. The minimum Gasteiger partial charge on any atom is -0.462 e. The highest BCUT2D eigenvalue weighted by molar-refractivity contribution is 7.89. The zero-order chi connectivity index (χ0) is 24.2. The molecule has 1 aliphatic rings. The number of nitrogens with zero attached hydrogens (tertiary/aromatic N) is 2. The zero-order valence-electron chi connectivity index (χ0n) is 19.5. The van der Waals surface area contributed by atoms with E-state index in [1.54, 1.807) is 14.0 Å². The van der Waals surface area contributed by atoms with Crippen molar-refractivity contribution in [2.24, 2.45) is 0 Å². The molecule has 0 unspecified atom stereocenters. The van der Waals surface area contributed by atoms with Crippen LogP contribution in [0.1, 0.15) is 57.8 Å². The first kappa shape index (κ1) is 25.4. The Labute approximate surface area is 199 Å². The average molecular weight is 494 g/mol. The number of unbranched alkanes of at least 4 members (excludes halogenated alkanes) is 1. The van der Waals surface area contributed by atoms with Gasteiger partial charge < -0.3 is 15.0 Å². The van der Waals surface area contributed by atoms with Crippen molar-refractivity contribution in [2.75, 3.05) is 39.1 Å². The molecule has 1 N–H and O–H groups in total. The molecular weight excluding hydrogens is 462 g/mol. The maximum Gasteiger partial charge on any atom is 0.341 e. The minimum absolute atomic E-state index is 0.138. The number of hydrogen-bond donors (Lipinski definition) is 1. The van der Waals surface area contributed by atoms with Gasteiger partial charge in [-0.15, -0.1) is 11.3 Å². The van der Waals surface area contributed by atoms with Gasteiger partial charge in [-0.2, -0.15) is 0 Å². The summed E-state index contributed by atoms with van der Waals surface area (Å²) in [5.74, 6) is -0.845. The van der Waals surface area contributed by atoms with Crippen molar-refractivity contribution in [2.45, 2.75) is 44.6 Å². The smallest absolute Gasteiger partial charge is 0.341 e. The molecule has 1 aromatic heterocycles. The Morgan fingerprint density at radius 2 is 1.91 bits per heavy atom. The second kappa shape index (κ2) is 10.8. The van der Waals surface area contributed by atoms with Crippen LogP contribution in [0, 0.1) is 0 Å². The van der Waals surface area contributed by atoms with Gasteiger partial charge in [0.25, 0.3) is 5.91 Å². The summed E-state index contributed by atoms with van der Waals surface area (Å²) in [6.07, 6.45) is 2.39. The number of carbonyl (C=O) groups is 2. The van der Waals surface area contributed by atoms with Crippen LogP contribution in [0.5, 0.6) is 0 Å². The molecule has 0 spiro atoms. The molecule has 180 valence electrons. The summed E-state index contributed by atoms with van der Waals surface area (Å²) in [5, 5.41) is 3.31. The SMILES string of the molecule is CCCCN(C)S(=O)(=O)c1ccc(C(=O)Nc2sc3c(c2C(=O)OCC)CCN(C)C3)cc1. The summed E-state index contributed by atoms with van der Waals surface area (Å²) < 4.78 is 32.0. The first-order chi connectivity index (χ1) is 15.7. The third-order valence-electron chi connectivity index (χ3n) is 5.61. The van der Waals surface area contributed by atoms with Crippen molar-refractivity contribution in [3.8, 4) is 0 Å². The summed E-state index contributed by atoms with van der Waals surface area (Å²) >= 11 is 1.38. The second-order valence-corrected chi connectivity index (χ2v) is 11.2. The van der Waals surface area contributed by atoms with Gasteiger partial charge in [-0.25, -0.2) is 17.5 Å². The second-order valence-electron chi connectivity index (χ2n) is 8.07. The molecular formula is C23H31N3O5S2. The van der Waals surface area contributed by atoms with E-state index in [1.807, 2.05) is 14.0 Å². The molecule has 0 saturated carbocycles. The molecule has 33 heavy (non-hydrogen) atoms. The molecule has 1 aromatic carbocycles. The molecule has 8 nitrogen and oxygen atoms in total. The number of benzene rings is 1. The topological polar surface area (TPSA) is 96.0 Å². The lowest BCUT2D eigenvalue weighted by Crippen LogP contribution is -2.28. The fourth-order valence-corrected chi connectivity index (χ4v) is 6.19. The Kier molecular flexibility index (Phi) is 8.28. The maximum absolute atomic E-state index is 12.9. The van der Waals surface area contributed by atoms with Crippen molar-refractivity contribution < 1.29 is 22.7 Å². The van der Waals surface area contributed by atoms with Gasteiger partial charge in [0, 0.05) is 37.1 Å². The summed E-state index contributed by atoms with van der Waals surface area (Å²) in [5.41, 5.74) is 1.67. The van der Waals surface area contributed by atoms with Crippen LogP contribution in [0.4, 0.5) is 5.00 Å². The van der Waals surface area contributed by atoms with E-state index >= 15 is 0 Å². The number of fused-ring (bicyclic) bond motifs is 1. The van der Waals surface area contributed by atoms with Crippen molar-refractivity contribution in [1.29, 1.82) is 0 Å². The van der Waals surface area contributed by atoms with Crippen molar-refractivity contribution in [1.82, 2.24) is 9.21 Å². The van der Waals surface area contributed by atoms with Gasteiger partial charge in [-0.05, 0) is 56.6 Å². The predicted molar refractivity (Wildman–Crippen MR) is 129 cm³/mol. The highest BCUT2D eigenvalue weighted by Gasteiger charge is 2.29. The van der Waals surface area contributed by atoms with Crippen LogP contribution < -0.4 is 5.32 Å². The molecule has 0 aliphatic carbocycles. The van der Waals surface area contributed by atoms with Crippen LogP contribution in [0.15, 0.2) is 29.2 Å². The molecule has 1 aliphatic heterocycles. The minimum atomic E-state index is -3.61. The molecule has 0 atom stereocenters. The van der Waals surface area contributed by atoms with E-state index in [4.69, 9.17) is 4.74 Å². The molecule has 0 saturated heterocycles. The zero-order valence-corrected chi connectivity index (χ0v) is 21.1. The summed E-state index contributed by atoms with van der Waals surface area (Å²) in [6.45, 7) is 5.98. The van der Waals surface area contributed by atoms with Crippen molar-refractivity contribution >= 4 is 38.2 Å². The standard InChI is InChI=1S/C23H31N3O5S2/c1-5-7-13-26(4)33(29,30)17-10-8-16(9-11-17)21(27)24-22-20(23(28)31-6-2)18-12-14-25(3)15-19(18)32-22/h8-11H,5-7,12-15H2,1-4H3,(H,24,27). The number of likely N-dealkylation sites (N-methyl/N-ethyl adjacent to an activating group) is 1. The molecule has 10 heteroatoms. The highest BCUT2D eigenvalue weighted by atomic mass is 32.2. The van der Waals surface area contributed by atoms with E-state index in [0.717, 1.165) is 29.8 Å². The summed E-state index contributed by atoms with van der Waals surface area (Å²) in [6, 6.07) is 5.85. The molecule has 0 fully saturated rings. The van der Waals surface area contributed by atoms with Gasteiger partial charge in [0.15, 0.2) is 0 Å². The molecule has 0 radical (unpaired) electrons. The first-order valence-corrected chi connectivity index (χ1v) is 13.3. The maximum atomic E-state index is 12.9. The number of amides is 1. The van der Waals surface area contributed by atoms with E-state index in [1.165, 1.54) is 39.9 Å². The fourth-order valence-electron chi connectivity index (χ4n) is 3.67. The van der Waals surface area contributed by atoms with E-state index in [2.05, 4.69) is 10.2 Å². The third-order valence-corrected chi connectivity index (χ3v) is 8.61. The monoisotopic (exact) mass is 493 g/mol. The van der Waals surface area contributed by atoms with Crippen LogP contribution in [0.25, 0.3) is 0 Å². The van der Waals surface area contributed by atoms with Crippen molar-refractivity contribution in [3.05, 3.63) is 45.8 Å². The number of rotatable bonds is 9. The average Bonchev–Trinajstić information content (AvgIpc) is 3.14. The Bertz CT molecular complexity index is 1110. The Balaban J connectivity index is 1.82. The quantitative estimate of drug-likeness (QED) is 0.537. The molecule has 1 amide bonds. The van der Waals surface area contributed by atoms with Gasteiger partial charge in [-0.1, -0.05) is 13.3 Å². The number of thiophene rings is 1. The lowest BCUT2D eigenvalue weighted by molar-refractivity contribution is 0.0526. The first-order valence-electron chi connectivity index (χ1n) is 11.1. The van der Waals surface area contributed by atoms with E-state index in [0.29, 0.717) is 35.6 Å². The van der Waals surface area contributed by atoms with E-state index in [9.17, 15) is 18.0 Å². The normalized spacial score (nSPS) is 14.2. The van der Waals surface area contributed by atoms with Gasteiger partial charge >= 0.3 is 5.97 Å². The number of carbonyl (C=O) groups excluding carboxylic acids is 2. The number of sulfonamides is 1. The number of hydrogen-bond acceptors (Lipinski definition) is 7. The van der Waals surface area contributed by atoms with Gasteiger partial charge in [0.1, 0.15) is 5.00 Å². The lowest BCUT2D eigenvalue weighted by Gasteiger charge is -2.22. The fraction of sp³-hybridized carbons (Fsp3) is 0.478. The third kappa shape index (κ3) is 5.63. The summed E-state index contributed by atoms with van der Waals surface area (Å²) in [7, 11) is -0.0381. The molecule has 2 heterocycles. The molecule has 3 rings (SSSR count). The van der Waals surface area contributed by atoms with Gasteiger partial charge in [0.2, 0.25) is 10.0 Å². The number of anilines is 1. The van der Waals surface area contributed by atoms with Crippen LogP contribution in [-0.4, -0.2) is 63.3 Å². The van der Waals surface area contributed by atoms with Crippen LogP contribution in [-0.2, 0) is 27.7 Å². The Morgan fingerprint density at radius 1 is 1.21 bits per heavy atom. The Hall–Kier alpha value is -2.27. The number of nitrogens with one attached hydrogen (secondary N) is 1. The number of ether oxygens (including phenoxy) is 1. The van der Waals surface area contributed by atoms with Crippen LogP contribution in [0.2, 0.25) is 0 Å². The van der Waals surface area contributed by atoms with Gasteiger partial charge in [0.05, 0.1) is 17.1 Å². The Morgan fingerprint density at radius 3 is 2.55 bits per heavy atom. The number of esters is 1. The van der Waals surface area contributed by atoms with Gasteiger partial charge in [-0.3, -0.25) is 4.79 Å². The van der Waals surface area contributed by atoms with Crippen LogP contribution >= 0.6 is 11.3 Å². The van der Waals surface area contributed by atoms with Crippen LogP contribution in [0.3, 0.4) is 0 Å².